The Kier molecular flexibility index (Phi) is 5.11. The van der Waals surface area contributed by atoms with Gasteiger partial charge in [0.1, 0.15) is 5.82 Å². The molecular weight excluding hydrogens is 346 g/mol. The van der Waals surface area contributed by atoms with E-state index in [4.69, 9.17) is 5.73 Å². The number of carbonyl (C=O) groups excluding carboxylic acids is 1. The van der Waals surface area contributed by atoms with E-state index in [0.717, 1.165) is 5.52 Å². The third-order valence-electron chi connectivity index (χ3n) is 3.96. The van der Waals surface area contributed by atoms with Crippen LogP contribution in [0.25, 0.3) is 11.2 Å². The first-order valence-corrected chi connectivity index (χ1v) is 8.21. The van der Waals surface area contributed by atoms with Gasteiger partial charge in [-0.05, 0) is 25.1 Å². The molecule has 27 heavy (non-hydrogen) atoms. The summed E-state index contributed by atoms with van der Waals surface area (Å²) in [5, 5.41) is 2.82. The molecule has 9 nitrogen and oxygen atoms in total. The summed E-state index contributed by atoms with van der Waals surface area (Å²) in [6.45, 7) is 2.01. The zero-order chi connectivity index (χ0) is 19.4. The van der Waals surface area contributed by atoms with Crippen molar-refractivity contribution in [1.82, 2.24) is 24.3 Å². The summed E-state index contributed by atoms with van der Waals surface area (Å²) in [6, 6.07) is 5.13. The number of nitrogens with one attached hydrogen (secondary N) is 1. The van der Waals surface area contributed by atoms with E-state index in [0.29, 0.717) is 17.0 Å². The highest BCUT2D eigenvalue weighted by Crippen LogP contribution is 2.14. The van der Waals surface area contributed by atoms with Gasteiger partial charge in [-0.25, -0.2) is 9.78 Å². The molecule has 0 aliphatic rings. The van der Waals surface area contributed by atoms with Gasteiger partial charge >= 0.3 is 5.69 Å². The maximum atomic E-state index is 12.2. The zero-order valence-corrected chi connectivity index (χ0v) is 15.0. The molecule has 9 heteroatoms. The Morgan fingerprint density at radius 2 is 2.19 bits per heavy atom. The van der Waals surface area contributed by atoms with E-state index in [1.807, 2.05) is 4.40 Å². The normalized spacial score (nSPS) is 12.0. The van der Waals surface area contributed by atoms with Crippen molar-refractivity contribution in [2.45, 2.75) is 13.5 Å². The summed E-state index contributed by atoms with van der Waals surface area (Å²) in [4.78, 5) is 36.2. The predicted octanol–water partition coefficient (Wildman–Crippen LogP) is 0.725. The molecule has 0 radical (unpaired) electrons. The summed E-state index contributed by atoms with van der Waals surface area (Å²) in [5.41, 5.74) is 7.61. The molecule has 3 heterocycles. The minimum atomic E-state index is -0.467. The van der Waals surface area contributed by atoms with Gasteiger partial charge in [0.15, 0.2) is 0 Å². The van der Waals surface area contributed by atoms with E-state index in [9.17, 15) is 9.59 Å². The summed E-state index contributed by atoms with van der Waals surface area (Å²) < 4.78 is 3.20. The molecular formula is C18H19N7O2. The van der Waals surface area contributed by atoms with E-state index < -0.39 is 5.69 Å². The van der Waals surface area contributed by atoms with Crippen molar-refractivity contribution in [3.8, 4) is 5.69 Å². The Hall–Kier alpha value is -3.75. The van der Waals surface area contributed by atoms with Crippen molar-refractivity contribution in [2.75, 3.05) is 12.8 Å². The Labute approximate surface area is 154 Å². The fourth-order valence-electron chi connectivity index (χ4n) is 2.60. The fourth-order valence-corrected chi connectivity index (χ4v) is 2.60. The van der Waals surface area contributed by atoms with Crippen LogP contribution in [0.3, 0.4) is 0 Å². The number of pyridine rings is 1. The van der Waals surface area contributed by atoms with Crippen LogP contribution in [0.1, 0.15) is 12.6 Å². The molecule has 0 aliphatic carbocycles. The third-order valence-corrected chi connectivity index (χ3v) is 3.96. The Morgan fingerprint density at radius 3 is 2.89 bits per heavy atom. The molecule has 3 aromatic rings. The smallest absolute Gasteiger partial charge is 0.354 e. The largest absolute Gasteiger partial charge is 0.383 e. The molecule has 0 unspecified atom stereocenters. The Balaban J connectivity index is 1.89. The third kappa shape index (κ3) is 3.76. The first-order valence-electron chi connectivity index (χ1n) is 8.21. The van der Waals surface area contributed by atoms with Gasteiger partial charge in [0.2, 0.25) is 0 Å². The van der Waals surface area contributed by atoms with Crippen LogP contribution in [0, 0.1) is 0 Å². The number of hydrogen-bond donors (Lipinski definition) is 2. The number of nitrogen functional groups attached to an aromatic ring is 1. The maximum Gasteiger partial charge on any atom is 0.354 e. The molecule has 0 aromatic carbocycles. The number of rotatable bonds is 5. The van der Waals surface area contributed by atoms with Crippen molar-refractivity contribution in [3.63, 3.8) is 0 Å². The summed E-state index contributed by atoms with van der Waals surface area (Å²) >= 11 is 0. The number of allylic oxidation sites excluding steroid dienone is 1. The van der Waals surface area contributed by atoms with Crippen molar-refractivity contribution >= 4 is 23.5 Å². The zero-order valence-electron chi connectivity index (χ0n) is 15.0. The highest BCUT2D eigenvalue weighted by molar-refractivity contribution is 6.12. The van der Waals surface area contributed by atoms with Crippen LogP contribution in [0.15, 0.2) is 58.4 Å². The minimum Gasteiger partial charge on any atom is -0.383 e. The monoisotopic (exact) mass is 365 g/mol. The Bertz CT molecular complexity index is 1110. The quantitative estimate of drug-likeness (QED) is 0.510. The van der Waals surface area contributed by atoms with Gasteiger partial charge in [0.05, 0.1) is 35.3 Å². The highest BCUT2D eigenvalue weighted by atomic mass is 16.2. The van der Waals surface area contributed by atoms with E-state index in [1.165, 1.54) is 10.8 Å². The van der Waals surface area contributed by atoms with Gasteiger partial charge in [0, 0.05) is 25.7 Å². The van der Waals surface area contributed by atoms with Gasteiger partial charge in [-0.1, -0.05) is 6.08 Å². The predicted molar refractivity (Wildman–Crippen MR) is 103 cm³/mol. The number of amides is 1. The van der Waals surface area contributed by atoms with Crippen LogP contribution >= 0.6 is 0 Å². The molecule has 1 amide bonds. The standard InChI is InChI=1S/C18H19N7O2/c1-3-12(9-20-2)17(26)21-10-14-15-8-13(4-6-24(15)11-22-14)25-7-5-16(19)23-18(25)27/h3-9,11H,10H2,1-2H3,(H,21,26)(H2,19,23,27)/b12-3+,20-9-. The van der Waals surface area contributed by atoms with Crippen LogP contribution in [-0.4, -0.2) is 38.1 Å². The molecule has 0 fully saturated rings. The van der Waals surface area contributed by atoms with Crippen molar-refractivity contribution in [2.24, 2.45) is 4.99 Å². The SMILES string of the molecule is C/C=C(\C=N/C)C(=O)NCc1ncn2ccc(-n3ccc(N)nc3=O)cc12. The molecule has 3 rings (SSSR count). The number of anilines is 1. The summed E-state index contributed by atoms with van der Waals surface area (Å²) in [7, 11) is 1.61. The van der Waals surface area contributed by atoms with Gasteiger partial charge < -0.3 is 15.5 Å². The fraction of sp³-hybridized carbons (Fsp3) is 0.167. The summed E-state index contributed by atoms with van der Waals surface area (Å²) in [5.74, 6) is -0.0696. The van der Waals surface area contributed by atoms with Crippen molar-refractivity contribution in [1.29, 1.82) is 0 Å². The molecule has 0 atom stereocenters. The molecule has 0 spiro atoms. The molecule has 0 saturated heterocycles. The van der Waals surface area contributed by atoms with Crippen LogP contribution in [-0.2, 0) is 11.3 Å². The van der Waals surface area contributed by atoms with Gasteiger partial charge in [-0.2, -0.15) is 4.98 Å². The van der Waals surface area contributed by atoms with Gasteiger partial charge in [0.25, 0.3) is 5.91 Å². The number of fused-ring (bicyclic) bond motifs is 1. The van der Waals surface area contributed by atoms with E-state index in [2.05, 4.69) is 20.3 Å². The molecule has 3 aromatic heterocycles. The highest BCUT2D eigenvalue weighted by Gasteiger charge is 2.11. The molecule has 0 saturated carbocycles. The molecule has 3 N–H and O–H groups in total. The molecule has 138 valence electrons. The van der Waals surface area contributed by atoms with Crippen LogP contribution < -0.4 is 16.7 Å². The number of carbonyl (C=O) groups is 1. The average Bonchev–Trinajstić information content (AvgIpc) is 3.06. The minimum absolute atomic E-state index is 0.167. The lowest BCUT2D eigenvalue weighted by Crippen LogP contribution is -2.25. The van der Waals surface area contributed by atoms with Crippen LogP contribution in [0.4, 0.5) is 5.82 Å². The first-order chi connectivity index (χ1) is 13.0. The van der Waals surface area contributed by atoms with Gasteiger partial charge in [-0.15, -0.1) is 0 Å². The number of hydrogen-bond acceptors (Lipinski definition) is 6. The van der Waals surface area contributed by atoms with E-state index in [1.54, 1.807) is 57.0 Å². The second-order valence-corrected chi connectivity index (χ2v) is 5.69. The lowest BCUT2D eigenvalue weighted by Gasteiger charge is -2.07. The summed E-state index contributed by atoms with van der Waals surface area (Å²) in [6.07, 6.45) is 8.18. The number of aromatic nitrogens is 4. The molecule has 0 aliphatic heterocycles. The van der Waals surface area contributed by atoms with E-state index in [-0.39, 0.29) is 18.3 Å². The first kappa shape index (κ1) is 18.1. The van der Waals surface area contributed by atoms with Crippen LogP contribution in [0.5, 0.6) is 0 Å². The van der Waals surface area contributed by atoms with Crippen LogP contribution in [0.2, 0.25) is 0 Å². The van der Waals surface area contributed by atoms with E-state index >= 15 is 0 Å². The Morgan fingerprint density at radius 1 is 1.37 bits per heavy atom. The molecule has 0 bridgehead atoms. The lowest BCUT2D eigenvalue weighted by atomic mass is 10.2. The average molecular weight is 365 g/mol. The second kappa shape index (κ2) is 7.65. The number of nitrogens with zero attached hydrogens (tertiary/aromatic N) is 5. The number of imidazole rings is 1. The lowest BCUT2D eigenvalue weighted by molar-refractivity contribution is -0.117. The maximum absolute atomic E-state index is 12.2. The second-order valence-electron chi connectivity index (χ2n) is 5.69. The number of aliphatic imine (C=N–C) groups is 1. The number of nitrogens with two attached hydrogens (primary N) is 1. The topological polar surface area (TPSA) is 120 Å². The van der Waals surface area contributed by atoms with Gasteiger partial charge in [-0.3, -0.25) is 14.4 Å². The van der Waals surface area contributed by atoms with Crippen molar-refractivity contribution < 1.29 is 4.79 Å². The van der Waals surface area contributed by atoms with Crippen molar-refractivity contribution in [3.05, 3.63) is 64.7 Å².